The smallest absolute Gasteiger partial charge is 0.418 e. The fourth-order valence-electron chi connectivity index (χ4n) is 1.91. The summed E-state index contributed by atoms with van der Waals surface area (Å²) in [5.41, 5.74) is 3.09. The number of amides is 1. The van der Waals surface area contributed by atoms with Crippen molar-refractivity contribution in [2.45, 2.75) is 6.18 Å². The van der Waals surface area contributed by atoms with Gasteiger partial charge in [-0.15, -0.1) is 0 Å². The van der Waals surface area contributed by atoms with E-state index in [0.717, 1.165) is 12.1 Å². The molecule has 1 aromatic carbocycles. The number of nitrogens with zero attached hydrogens (tertiary/aromatic N) is 1. The van der Waals surface area contributed by atoms with Crippen molar-refractivity contribution in [3.63, 3.8) is 0 Å². The quantitative estimate of drug-likeness (QED) is 0.473. The van der Waals surface area contributed by atoms with Crippen molar-refractivity contribution in [2.24, 2.45) is 0 Å². The molecule has 1 heterocycles. The van der Waals surface area contributed by atoms with Gasteiger partial charge in [-0.05, 0) is 18.2 Å². The Bertz CT molecular complexity index is 954. The molecule has 0 fully saturated rings. The summed E-state index contributed by atoms with van der Waals surface area (Å²) in [4.78, 5) is 27.5. The van der Waals surface area contributed by atoms with Gasteiger partial charge in [0.15, 0.2) is 17.5 Å². The predicted octanol–water partition coefficient (Wildman–Crippen LogP) is 5.09. The lowest BCUT2D eigenvalue weighted by atomic mass is 10.1. The van der Waals surface area contributed by atoms with Crippen molar-refractivity contribution >= 4 is 69.7 Å². The van der Waals surface area contributed by atoms with E-state index < -0.39 is 41.6 Å². The topological polar surface area (TPSA) is 94.3 Å². The molecule has 0 aliphatic heterocycles. The second-order valence-corrected chi connectivity index (χ2v) is 6.66. The largest absolute Gasteiger partial charge is 0.451 e. The van der Waals surface area contributed by atoms with E-state index in [4.69, 9.17) is 52.1 Å². The van der Waals surface area contributed by atoms with Crippen LogP contribution in [0, 0.1) is 0 Å². The van der Waals surface area contributed by atoms with E-state index in [-0.39, 0.29) is 25.9 Å². The Hall–Kier alpha value is -1.94. The Morgan fingerprint density at radius 2 is 1.79 bits per heavy atom. The number of carbonyl (C=O) groups is 2. The molecule has 2 aromatic rings. The highest BCUT2D eigenvalue weighted by Crippen LogP contribution is 2.37. The molecule has 0 saturated heterocycles. The number of nitrogen functional groups attached to an aromatic ring is 1. The molecule has 0 aliphatic carbocycles. The van der Waals surface area contributed by atoms with Crippen LogP contribution in [0.1, 0.15) is 16.1 Å². The van der Waals surface area contributed by atoms with Gasteiger partial charge in [0, 0.05) is 5.02 Å². The minimum Gasteiger partial charge on any atom is -0.451 e. The second kappa shape index (κ2) is 8.60. The van der Waals surface area contributed by atoms with Gasteiger partial charge in [0.05, 0.1) is 22.0 Å². The number of halogens is 7. The Balaban J connectivity index is 2.11. The highest BCUT2D eigenvalue weighted by molar-refractivity contribution is 6.46. The molecule has 0 aliphatic rings. The van der Waals surface area contributed by atoms with Gasteiger partial charge in [0.1, 0.15) is 5.02 Å². The maximum atomic E-state index is 13.0. The first kappa shape index (κ1) is 22.4. The van der Waals surface area contributed by atoms with Crippen LogP contribution in [0.3, 0.4) is 0 Å². The van der Waals surface area contributed by atoms with Crippen LogP contribution in [0.4, 0.5) is 24.5 Å². The first-order valence-corrected chi connectivity index (χ1v) is 8.56. The van der Waals surface area contributed by atoms with Gasteiger partial charge < -0.3 is 15.8 Å². The van der Waals surface area contributed by atoms with Gasteiger partial charge >= 0.3 is 12.1 Å². The highest BCUT2D eigenvalue weighted by Gasteiger charge is 2.34. The number of ether oxygens (including phenoxy) is 1. The lowest BCUT2D eigenvalue weighted by Gasteiger charge is -2.14. The normalized spacial score (nSPS) is 11.2. The van der Waals surface area contributed by atoms with Gasteiger partial charge in [-0.1, -0.05) is 46.4 Å². The van der Waals surface area contributed by atoms with Crippen LogP contribution in [0.5, 0.6) is 0 Å². The summed E-state index contributed by atoms with van der Waals surface area (Å²) in [6.07, 6.45) is -4.76. The summed E-state index contributed by atoms with van der Waals surface area (Å²) >= 11 is 22.8. The van der Waals surface area contributed by atoms with Crippen molar-refractivity contribution in [2.75, 3.05) is 17.7 Å². The third-order valence-electron chi connectivity index (χ3n) is 3.16. The number of hydrogen-bond donors (Lipinski definition) is 2. The number of hydrogen-bond acceptors (Lipinski definition) is 5. The lowest BCUT2D eigenvalue weighted by Crippen LogP contribution is -2.23. The average Bonchev–Trinajstić information content (AvgIpc) is 2.61. The fraction of sp³-hybridized carbons (Fsp3) is 0.133. The Morgan fingerprint density at radius 1 is 1.14 bits per heavy atom. The molecule has 28 heavy (non-hydrogen) atoms. The van der Waals surface area contributed by atoms with Gasteiger partial charge in [-0.3, -0.25) is 4.79 Å². The van der Waals surface area contributed by atoms with Crippen molar-refractivity contribution < 1.29 is 27.5 Å². The SMILES string of the molecule is Nc1c(Cl)c(Cl)nc(C(=O)OCC(=O)Nc2ccc(Cl)cc2C(F)(F)F)c1Cl. The molecular weight excluding hydrogens is 469 g/mol. The molecule has 1 amide bonds. The van der Waals surface area contributed by atoms with E-state index in [1.165, 1.54) is 0 Å². The van der Waals surface area contributed by atoms with E-state index in [9.17, 15) is 22.8 Å². The fourth-order valence-corrected chi connectivity index (χ4v) is 2.67. The Kier molecular flexibility index (Phi) is 6.87. The molecule has 0 saturated carbocycles. The zero-order chi connectivity index (χ0) is 21.2. The maximum Gasteiger partial charge on any atom is 0.418 e. The first-order valence-electron chi connectivity index (χ1n) is 7.05. The van der Waals surface area contributed by atoms with E-state index in [1.807, 2.05) is 5.32 Å². The zero-order valence-corrected chi connectivity index (χ0v) is 16.4. The summed E-state index contributed by atoms with van der Waals surface area (Å²) in [5, 5.41) is 0.955. The van der Waals surface area contributed by atoms with E-state index >= 15 is 0 Å². The van der Waals surface area contributed by atoms with Crippen LogP contribution in [0.25, 0.3) is 0 Å². The third-order valence-corrected chi connectivity index (χ3v) is 4.53. The summed E-state index contributed by atoms with van der Waals surface area (Å²) in [6, 6.07) is 2.76. The molecule has 6 nitrogen and oxygen atoms in total. The van der Waals surface area contributed by atoms with Crippen LogP contribution < -0.4 is 11.1 Å². The average molecular weight is 477 g/mol. The molecule has 13 heteroatoms. The summed E-state index contributed by atoms with van der Waals surface area (Å²) in [7, 11) is 0. The van der Waals surface area contributed by atoms with Crippen molar-refractivity contribution in [1.29, 1.82) is 0 Å². The van der Waals surface area contributed by atoms with Crippen molar-refractivity contribution in [1.82, 2.24) is 4.98 Å². The summed E-state index contributed by atoms with van der Waals surface area (Å²) < 4.78 is 43.7. The number of rotatable bonds is 4. The van der Waals surface area contributed by atoms with E-state index in [2.05, 4.69) is 9.72 Å². The van der Waals surface area contributed by atoms with Gasteiger partial charge in [-0.25, -0.2) is 9.78 Å². The van der Waals surface area contributed by atoms with Gasteiger partial charge in [-0.2, -0.15) is 13.2 Å². The zero-order valence-electron chi connectivity index (χ0n) is 13.3. The molecule has 0 spiro atoms. The minimum absolute atomic E-state index is 0.172. The molecule has 0 radical (unpaired) electrons. The van der Waals surface area contributed by atoms with E-state index in [0.29, 0.717) is 6.07 Å². The second-order valence-electron chi connectivity index (χ2n) is 5.10. The lowest BCUT2D eigenvalue weighted by molar-refractivity contribution is -0.137. The monoisotopic (exact) mass is 475 g/mol. The van der Waals surface area contributed by atoms with Crippen LogP contribution in [-0.4, -0.2) is 23.5 Å². The Morgan fingerprint density at radius 3 is 2.39 bits per heavy atom. The van der Waals surface area contributed by atoms with Gasteiger partial charge in [0.25, 0.3) is 5.91 Å². The number of pyridine rings is 1. The van der Waals surface area contributed by atoms with Crippen LogP contribution in [0.2, 0.25) is 20.2 Å². The highest BCUT2D eigenvalue weighted by atomic mass is 35.5. The number of benzene rings is 1. The number of esters is 1. The predicted molar refractivity (Wildman–Crippen MR) is 99.0 cm³/mol. The molecular formula is C15H8Cl4F3N3O3. The van der Waals surface area contributed by atoms with Crippen LogP contribution in [0.15, 0.2) is 18.2 Å². The van der Waals surface area contributed by atoms with Crippen molar-refractivity contribution in [3.8, 4) is 0 Å². The first-order chi connectivity index (χ1) is 12.9. The molecule has 150 valence electrons. The number of carbonyl (C=O) groups excluding carboxylic acids is 2. The van der Waals surface area contributed by atoms with Crippen LogP contribution >= 0.6 is 46.4 Å². The molecule has 0 bridgehead atoms. The maximum absolute atomic E-state index is 13.0. The summed E-state index contributed by atoms with van der Waals surface area (Å²) in [5.74, 6) is -2.23. The summed E-state index contributed by atoms with van der Waals surface area (Å²) in [6.45, 7) is -0.934. The third kappa shape index (κ3) is 5.11. The number of nitrogens with two attached hydrogens (primary N) is 1. The Labute approximate surface area is 175 Å². The minimum atomic E-state index is -4.76. The molecule has 3 N–H and O–H groups in total. The van der Waals surface area contributed by atoms with Crippen molar-refractivity contribution in [3.05, 3.63) is 49.7 Å². The molecule has 0 unspecified atom stereocenters. The number of alkyl halides is 3. The van der Waals surface area contributed by atoms with Crippen LogP contribution in [-0.2, 0) is 15.7 Å². The van der Waals surface area contributed by atoms with E-state index in [1.54, 1.807) is 0 Å². The molecule has 0 atom stereocenters. The van der Waals surface area contributed by atoms with Gasteiger partial charge in [0.2, 0.25) is 0 Å². The number of nitrogens with one attached hydrogen (secondary N) is 1. The number of anilines is 2. The molecule has 1 aromatic heterocycles. The number of aromatic nitrogens is 1. The standard InChI is InChI=1S/C15H8Cl4F3N3O3/c16-5-1-2-7(6(3-5)15(20,21)22)24-8(26)4-28-14(27)12-9(17)11(23)10(18)13(19)25-12/h1-3H,4H2,(H2,23,25)(H,24,26). The molecule has 2 rings (SSSR count).